The SMILES string of the molecule is COCC(O)CN(C)c1ccc(N)c(N)c1. The molecule has 0 radical (unpaired) electrons. The summed E-state index contributed by atoms with van der Waals surface area (Å²) < 4.78 is 4.86. The summed E-state index contributed by atoms with van der Waals surface area (Å²) >= 11 is 0. The Morgan fingerprint density at radius 2 is 2.06 bits per heavy atom. The van der Waals surface area contributed by atoms with Crippen molar-refractivity contribution in [2.24, 2.45) is 0 Å². The molecule has 1 aromatic rings. The molecule has 0 saturated heterocycles. The van der Waals surface area contributed by atoms with E-state index >= 15 is 0 Å². The Labute approximate surface area is 95.6 Å². The quantitative estimate of drug-likeness (QED) is 0.627. The van der Waals surface area contributed by atoms with Crippen LogP contribution in [0.4, 0.5) is 17.1 Å². The average Bonchev–Trinajstić information content (AvgIpc) is 2.22. The van der Waals surface area contributed by atoms with E-state index in [1.165, 1.54) is 0 Å². The number of likely N-dealkylation sites (N-methyl/N-ethyl adjacent to an activating group) is 1. The van der Waals surface area contributed by atoms with Gasteiger partial charge >= 0.3 is 0 Å². The second kappa shape index (κ2) is 5.58. The van der Waals surface area contributed by atoms with Crippen LogP contribution in [-0.4, -0.2) is 38.5 Å². The minimum Gasteiger partial charge on any atom is -0.397 e. The highest BCUT2D eigenvalue weighted by atomic mass is 16.5. The second-order valence-corrected chi connectivity index (χ2v) is 3.80. The van der Waals surface area contributed by atoms with Crippen LogP contribution in [0.3, 0.4) is 0 Å². The van der Waals surface area contributed by atoms with Crippen molar-refractivity contribution in [1.29, 1.82) is 0 Å². The highest BCUT2D eigenvalue weighted by Crippen LogP contribution is 2.22. The molecule has 5 N–H and O–H groups in total. The van der Waals surface area contributed by atoms with Gasteiger partial charge in [0.1, 0.15) is 0 Å². The Balaban J connectivity index is 2.65. The maximum atomic E-state index is 9.58. The molecular weight excluding hydrogens is 206 g/mol. The Kier molecular flexibility index (Phi) is 4.39. The van der Waals surface area contributed by atoms with Gasteiger partial charge in [0.2, 0.25) is 0 Å². The minimum absolute atomic E-state index is 0.314. The number of nitrogen functional groups attached to an aromatic ring is 2. The van der Waals surface area contributed by atoms with Gasteiger partial charge < -0.3 is 26.2 Å². The first-order valence-electron chi connectivity index (χ1n) is 5.07. The van der Waals surface area contributed by atoms with E-state index in [0.717, 1.165) is 5.69 Å². The molecule has 1 unspecified atom stereocenters. The first kappa shape index (κ1) is 12.6. The maximum absolute atomic E-state index is 9.58. The lowest BCUT2D eigenvalue weighted by molar-refractivity contribution is 0.0695. The smallest absolute Gasteiger partial charge is 0.0947 e. The molecule has 1 aromatic carbocycles. The number of ether oxygens (including phenoxy) is 1. The molecule has 0 aromatic heterocycles. The summed E-state index contributed by atoms with van der Waals surface area (Å²) in [6.07, 6.45) is -0.520. The van der Waals surface area contributed by atoms with Gasteiger partial charge in [0.15, 0.2) is 0 Å². The lowest BCUT2D eigenvalue weighted by atomic mass is 10.2. The molecule has 5 nitrogen and oxygen atoms in total. The third-order valence-corrected chi connectivity index (χ3v) is 2.35. The van der Waals surface area contributed by atoms with Gasteiger partial charge in [-0.1, -0.05) is 0 Å². The van der Waals surface area contributed by atoms with Gasteiger partial charge in [-0.25, -0.2) is 0 Å². The predicted molar refractivity (Wildman–Crippen MR) is 66.4 cm³/mol. The zero-order valence-corrected chi connectivity index (χ0v) is 9.68. The van der Waals surface area contributed by atoms with Gasteiger partial charge in [-0.15, -0.1) is 0 Å². The van der Waals surface area contributed by atoms with E-state index in [9.17, 15) is 5.11 Å². The summed E-state index contributed by atoms with van der Waals surface area (Å²) in [5.41, 5.74) is 13.4. The third kappa shape index (κ3) is 3.29. The summed E-state index contributed by atoms with van der Waals surface area (Å²) in [4.78, 5) is 1.90. The van der Waals surface area contributed by atoms with Crippen molar-refractivity contribution < 1.29 is 9.84 Å². The van der Waals surface area contributed by atoms with Crippen LogP contribution in [0.25, 0.3) is 0 Å². The molecule has 0 aliphatic rings. The monoisotopic (exact) mass is 225 g/mol. The number of nitrogens with two attached hydrogens (primary N) is 2. The average molecular weight is 225 g/mol. The van der Waals surface area contributed by atoms with Gasteiger partial charge in [0.25, 0.3) is 0 Å². The molecule has 0 saturated carbocycles. The summed E-state index contributed by atoms with van der Waals surface area (Å²) in [7, 11) is 3.44. The number of nitrogens with zero attached hydrogens (tertiary/aromatic N) is 1. The summed E-state index contributed by atoms with van der Waals surface area (Å²) in [5, 5.41) is 9.58. The van der Waals surface area contributed by atoms with E-state index in [1.54, 1.807) is 19.2 Å². The lowest BCUT2D eigenvalue weighted by Gasteiger charge is -2.22. The highest BCUT2D eigenvalue weighted by Gasteiger charge is 2.09. The van der Waals surface area contributed by atoms with Gasteiger partial charge in [-0.2, -0.15) is 0 Å². The number of hydrogen-bond acceptors (Lipinski definition) is 5. The molecule has 0 aliphatic heterocycles. The zero-order valence-electron chi connectivity index (χ0n) is 9.68. The van der Waals surface area contributed by atoms with Gasteiger partial charge in [-0.05, 0) is 18.2 Å². The van der Waals surface area contributed by atoms with Crippen molar-refractivity contribution in [3.8, 4) is 0 Å². The van der Waals surface area contributed by atoms with Crippen LogP contribution in [0, 0.1) is 0 Å². The van der Waals surface area contributed by atoms with Crippen LogP contribution in [0.1, 0.15) is 0 Å². The van der Waals surface area contributed by atoms with Crippen LogP contribution in [0.2, 0.25) is 0 Å². The Morgan fingerprint density at radius 1 is 1.38 bits per heavy atom. The number of aliphatic hydroxyl groups is 1. The van der Waals surface area contributed by atoms with Gasteiger partial charge in [-0.3, -0.25) is 0 Å². The molecule has 0 aliphatic carbocycles. The van der Waals surface area contributed by atoms with Crippen LogP contribution in [0.15, 0.2) is 18.2 Å². The Morgan fingerprint density at radius 3 is 2.62 bits per heavy atom. The molecule has 0 heterocycles. The fourth-order valence-corrected chi connectivity index (χ4v) is 1.47. The first-order chi connectivity index (χ1) is 7.54. The summed E-state index contributed by atoms with van der Waals surface area (Å²) in [6, 6.07) is 5.41. The number of rotatable bonds is 5. The van der Waals surface area contributed by atoms with Crippen molar-refractivity contribution in [1.82, 2.24) is 0 Å². The number of methoxy groups -OCH3 is 1. The van der Waals surface area contributed by atoms with Crippen LogP contribution in [-0.2, 0) is 4.74 Å². The molecule has 0 spiro atoms. The molecule has 16 heavy (non-hydrogen) atoms. The van der Waals surface area contributed by atoms with Crippen molar-refractivity contribution in [3.05, 3.63) is 18.2 Å². The molecule has 1 rings (SSSR count). The predicted octanol–water partition coefficient (Wildman–Crippen LogP) is 0.295. The second-order valence-electron chi connectivity index (χ2n) is 3.80. The van der Waals surface area contributed by atoms with E-state index in [-0.39, 0.29) is 0 Å². The van der Waals surface area contributed by atoms with Gasteiger partial charge in [0.05, 0.1) is 24.1 Å². The zero-order chi connectivity index (χ0) is 12.1. The van der Waals surface area contributed by atoms with Crippen molar-refractivity contribution in [3.63, 3.8) is 0 Å². The molecule has 0 fully saturated rings. The van der Waals surface area contributed by atoms with E-state index in [4.69, 9.17) is 16.2 Å². The normalized spacial score (nSPS) is 12.4. The summed E-state index contributed by atoms with van der Waals surface area (Å²) in [5.74, 6) is 0. The molecule has 90 valence electrons. The van der Waals surface area contributed by atoms with Crippen molar-refractivity contribution in [2.45, 2.75) is 6.10 Å². The molecule has 5 heteroatoms. The molecule has 0 bridgehead atoms. The van der Waals surface area contributed by atoms with Crippen LogP contribution in [0.5, 0.6) is 0 Å². The third-order valence-electron chi connectivity index (χ3n) is 2.35. The highest BCUT2D eigenvalue weighted by molar-refractivity contribution is 5.69. The summed E-state index contributed by atoms with van der Waals surface area (Å²) in [6.45, 7) is 0.798. The Bertz CT molecular complexity index is 344. The lowest BCUT2D eigenvalue weighted by Crippen LogP contribution is -2.31. The number of anilines is 3. The van der Waals surface area contributed by atoms with Crippen LogP contribution < -0.4 is 16.4 Å². The maximum Gasteiger partial charge on any atom is 0.0947 e. The van der Waals surface area contributed by atoms with E-state index in [0.29, 0.717) is 24.5 Å². The minimum atomic E-state index is -0.520. The van der Waals surface area contributed by atoms with E-state index in [2.05, 4.69) is 0 Å². The number of benzene rings is 1. The number of hydrogen-bond donors (Lipinski definition) is 3. The largest absolute Gasteiger partial charge is 0.397 e. The molecular formula is C11H19N3O2. The standard InChI is InChI=1S/C11H19N3O2/c1-14(6-9(15)7-16-2)8-3-4-10(12)11(13)5-8/h3-5,9,15H,6-7,12-13H2,1-2H3. The van der Waals surface area contributed by atoms with E-state index in [1.807, 2.05) is 18.0 Å². The van der Waals surface area contributed by atoms with Crippen molar-refractivity contribution >= 4 is 17.1 Å². The van der Waals surface area contributed by atoms with Crippen molar-refractivity contribution in [2.75, 3.05) is 43.7 Å². The van der Waals surface area contributed by atoms with E-state index < -0.39 is 6.10 Å². The molecule has 1 atom stereocenters. The van der Waals surface area contributed by atoms with Gasteiger partial charge in [0, 0.05) is 26.4 Å². The van der Waals surface area contributed by atoms with Crippen LogP contribution >= 0.6 is 0 Å². The fourth-order valence-electron chi connectivity index (χ4n) is 1.47. The molecule has 0 amide bonds. The fraction of sp³-hybridized carbons (Fsp3) is 0.455. The topological polar surface area (TPSA) is 84.7 Å². The Hall–Kier alpha value is -1.46. The number of aliphatic hydroxyl groups excluding tert-OH is 1. The first-order valence-corrected chi connectivity index (χ1v) is 5.07.